The third-order valence-corrected chi connectivity index (χ3v) is 4.18. The molecule has 0 aliphatic carbocycles. The molecule has 0 spiro atoms. The summed E-state index contributed by atoms with van der Waals surface area (Å²) in [5.74, 6) is -0.545. The van der Waals surface area contributed by atoms with Crippen molar-refractivity contribution in [1.29, 1.82) is 0 Å². The Kier molecular flexibility index (Phi) is 4.19. The molecule has 0 aliphatic heterocycles. The lowest BCUT2D eigenvalue weighted by Crippen LogP contribution is -2.16. The summed E-state index contributed by atoms with van der Waals surface area (Å²) in [6.45, 7) is 0. The van der Waals surface area contributed by atoms with Crippen molar-refractivity contribution in [3.63, 3.8) is 0 Å². The Morgan fingerprint density at radius 2 is 2.05 bits per heavy atom. The highest BCUT2D eigenvalue weighted by atomic mass is 35.5. The predicted molar refractivity (Wildman–Crippen MR) is 75.8 cm³/mol. The Balaban J connectivity index is 2.42. The van der Waals surface area contributed by atoms with E-state index in [0.717, 1.165) is 24.4 Å². The fourth-order valence-corrected chi connectivity index (χ4v) is 2.85. The Hall–Kier alpha value is -2.06. The fourth-order valence-electron chi connectivity index (χ4n) is 1.55. The lowest BCUT2D eigenvalue weighted by molar-refractivity contribution is 0.413. The zero-order valence-corrected chi connectivity index (χ0v) is 12.3. The van der Waals surface area contributed by atoms with Crippen LogP contribution in [0.2, 0.25) is 5.02 Å². The molecule has 0 saturated heterocycles. The van der Waals surface area contributed by atoms with Crippen LogP contribution in [0.3, 0.4) is 0 Å². The molecule has 9 heteroatoms. The largest absolute Gasteiger partial charge is 0.494 e. The number of hydrogen-bond acceptors (Lipinski definition) is 4. The van der Waals surface area contributed by atoms with E-state index < -0.39 is 21.4 Å². The second-order valence-electron chi connectivity index (χ2n) is 3.96. The van der Waals surface area contributed by atoms with Crippen molar-refractivity contribution in [2.75, 3.05) is 11.8 Å². The number of benzene rings is 1. The van der Waals surface area contributed by atoms with Crippen LogP contribution in [-0.2, 0) is 10.0 Å². The molecule has 1 heterocycles. The average molecular weight is 333 g/mol. The highest BCUT2D eigenvalue weighted by Gasteiger charge is 2.18. The lowest BCUT2D eigenvalue weighted by Gasteiger charge is -2.11. The standard InChI is InChI=1S/C12H10ClFN2O4S/c1-20-11-4-7(14)2-3-10(11)16-21(18,19)8-5-9(13)12(17)15-6-8/h2-6,16H,1H3,(H,15,17). The van der Waals surface area contributed by atoms with Gasteiger partial charge in [-0.1, -0.05) is 11.6 Å². The molecule has 0 radical (unpaired) electrons. The molecule has 0 aliphatic rings. The van der Waals surface area contributed by atoms with E-state index in [-0.39, 0.29) is 21.4 Å². The summed E-state index contributed by atoms with van der Waals surface area (Å²) in [5, 5.41) is -0.260. The molecular formula is C12H10ClFN2O4S. The van der Waals surface area contributed by atoms with Crippen LogP contribution in [0.25, 0.3) is 0 Å². The molecule has 0 fully saturated rings. The first-order chi connectivity index (χ1) is 9.83. The van der Waals surface area contributed by atoms with Gasteiger partial charge in [-0.15, -0.1) is 0 Å². The van der Waals surface area contributed by atoms with E-state index in [1.54, 1.807) is 0 Å². The number of hydrogen-bond donors (Lipinski definition) is 2. The molecule has 112 valence electrons. The highest BCUT2D eigenvalue weighted by Crippen LogP contribution is 2.27. The van der Waals surface area contributed by atoms with E-state index in [4.69, 9.17) is 16.3 Å². The van der Waals surface area contributed by atoms with Crippen molar-refractivity contribution in [1.82, 2.24) is 4.98 Å². The second kappa shape index (κ2) is 5.74. The number of nitrogens with one attached hydrogen (secondary N) is 2. The maximum Gasteiger partial charge on any atom is 0.266 e. The average Bonchev–Trinajstić information content (AvgIpc) is 2.43. The molecule has 1 aromatic carbocycles. The number of ether oxygens (including phenoxy) is 1. The van der Waals surface area contributed by atoms with E-state index in [0.29, 0.717) is 0 Å². The van der Waals surface area contributed by atoms with Gasteiger partial charge in [0.05, 0.1) is 12.8 Å². The first-order valence-corrected chi connectivity index (χ1v) is 7.44. The third kappa shape index (κ3) is 3.34. The molecule has 2 N–H and O–H groups in total. The maximum absolute atomic E-state index is 13.1. The number of aromatic amines is 1. The Bertz CT molecular complexity index is 835. The summed E-state index contributed by atoms with van der Waals surface area (Å²) in [6.07, 6.45) is 1.01. The minimum Gasteiger partial charge on any atom is -0.494 e. The molecular weight excluding hydrogens is 323 g/mol. The number of pyridine rings is 1. The van der Waals surface area contributed by atoms with Gasteiger partial charge in [0.15, 0.2) is 0 Å². The Labute approximate surface area is 124 Å². The summed E-state index contributed by atoms with van der Waals surface area (Å²) in [5.41, 5.74) is -0.545. The molecule has 6 nitrogen and oxygen atoms in total. The van der Waals surface area contributed by atoms with E-state index >= 15 is 0 Å². The van der Waals surface area contributed by atoms with Gasteiger partial charge in [-0.25, -0.2) is 12.8 Å². The summed E-state index contributed by atoms with van der Waals surface area (Å²) in [6, 6.07) is 4.36. The Morgan fingerprint density at radius 3 is 2.67 bits per heavy atom. The van der Waals surface area contributed by atoms with Crippen LogP contribution in [0, 0.1) is 5.82 Å². The minimum atomic E-state index is -4.01. The molecule has 1 aromatic heterocycles. The van der Waals surface area contributed by atoms with Gasteiger partial charge < -0.3 is 9.72 Å². The van der Waals surface area contributed by atoms with E-state index in [9.17, 15) is 17.6 Å². The zero-order chi connectivity index (χ0) is 15.6. The summed E-state index contributed by atoms with van der Waals surface area (Å²) in [7, 11) is -2.72. The van der Waals surface area contributed by atoms with Crippen LogP contribution in [0.5, 0.6) is 5.75 Å². The fraction of sp³-hybridized carbons (Fsp3) is 0.0833. The molecule has 2 aromatic rings. The molecule has 0 amide bonds. The van der Waals surface area contributed by atoms with Crippen LogP contribution in [0.1, 0.15) is 0 Å². The van der Waals surface area contributed by atoms with Gasteiger partial charge in [0, 0.05) is 12.3 Å². The molecule has 21 heavy (non-hydrogen) atoms. The van der Waals surface area contributed by atoms with Crippen LogP contribution < -0.4 is 15.0 Å². The molecule has 2 rings (SSSR count). The second-order valence-corrected chi connectivity index (χ2v) is 6.05. The summed E-state index contributed by atoms with van der Waals surface area (Å²) in [4.78, 5) is 13.1. The van der Waals surface area contributed by atoms with Crippen LogP contribution in [0.15, 0.2) is 40.2 Å². The predicted octanol–water partition coefficient (Wildman–Crippen LogP) is 1.98. The normalized spacial score (nSPS) is 11.2. The number of methoxy groups -OCH3 is 1. The topological polar surface area (TPSA) is 88.3 Å². The van der Waals surface area contributed by atoms with Crippen molar-refractivity contribution in [3.8, 4) is 5.75 Å². The van der Waals surface area contributed by atoms with Crippen molar-refractivity contribution < 1.29 is 17.5 Å². The molecule has 0 atom stereocenters. The van der Waals surface area contributed by atoms with Crippen molar-refractivity contribution in [3.05, 3.63) is 51.7 Å². The smallest absolute Gasteiger partial charge is 0.266 e. The van der Waals surface area contributed by atoms with Gasteiger partial charge in [0.25, 0.3) is 15.6 Å². The van der Waals surface area contributed by atoms with Crippen molar-refractivity contribution >= 4 is 27.3 Å². The minimum absolute atomic E-state index is 0.0223. The van der Waals surface area contributed by atoms with Crippen LogP contribution in [0.4, 0.5) is 10.1 Å². The lowest BCUT2D eigenvalue weighted by atomic mass is 10.3. The van der Waals surface area contributed by atoms with Crippen molar-refractivity contribution in [2.24, 2.45) is 0 Å². The summed E-state index contributed by atoms with van der Waals surface area (Å²) < 4.78 is 44.6. The molecule has 0 bridgehead atoms. The number of anilines is 1. The molecule has 0 saturated carbocycles. The molecule has 0 unspecified atom stereocenters. The highest BCUT2D eigenvalue weighted by molar-refractivity contribution is 7.92. The van der Waals surface area contributed by atoms with E-state index in [2.05, 4.69) is 9.71 Å². The van der Waals surface area contributed by atoms with Gasteiger partial charge >= 0.3 is 0 Å². The number of H-pyrrole nitrogens is 1. The number of halogens is 2. The first-order valence-electron chi connectivity index (χ1n) is 5.58. The monoisotopic (exact) mass is 332 g/mol. The number of rotatable bonds is 4. The zero-order valence-electron chi connectivity index (χ0n) is 10.7. The first kappa shape index (κ1) is 15.3. The van der Waals surface area contributed by atoms with Crippen molar-refractivity contribution in [2.45, 2.75) is 4.90 Å². The third-order valence-electron chi connectivity index (χ3n) is 2.55. The SMILES string of the molecule is COc1cc(F)ccc1NS(=O)(=O)c1c[nH]c(=O)c(Cl)c1. The summed E-state index contributed by atoms with van der Waals surface area (Å²) >= 11 is 5.59. The maximum atomic E-state index is 13.1. The van der Waals surface area contributed by atoms with E-state index in [1.165, 1.54) is 13.2 Å². The Morgan fingerprint density at radius 1 is 1.33 bits per heavy atom. The van der Waals surface area contributed by atoms with Gasteiger partial charge in [-0.2, -0.15) is 0 Å². The van der Waals surface area contributed by atoms with Gasteiger partial charge in [0.2, 0.25) is 0 Å². The van der Waals surface area contributed by atoms with E-state index in [1.807, 2.05) is 0 Å². The number of sulfonamides is 1. The van der Waals surface area contributed by atoms with Gasteiger partial charge in [-0.3, -0.25) is 9.52 Å². The van der Waals surface area contributed by atoms with Crippen LogP contribution >= 0.6 is 11.6 Å². The van der Waals surface area contributed by atoms with Gasteiger partial charge in [-0.05, 0) is 18.2 Å². The van der Waals surface area contributed by atoms with Crippen LogP contribution in [-0.4, -0.2) is 20.5 Å². The number of aromatic nitrogens is 1. The quantitative estimate of drug-likeness (QED) is 0.896. The van der Waals surface area contributed by atoms with Gasteiger partial charge in [0.1, 0.15) is 21.5 Å².